The van der Waals surface area contributed by atoms with Crippen LogP contribution in [0.5, 0.6) is 0 Å². The molecule has 5 nitrogen and oxygen atoms in total. The molecule has 3 heterocycles. The lowest BCUT2D eigenvalue weighted by atomic mass is 10.0. The van der Waals surface area contributed by atoms with Crippen LogP contribution in [0.2, 0.25) is 0 Å². The first-order valence-corrected chi connectivity index (χ1v) is 8.21. The predicted molar refractivity (Wildman–Crippen MR) is 96.9 cm³/mol. The second-order valence-electron chi connectivity index (χ2n) is 6.59. The number of nitrogens with zero attached hydrogens (tertiary/aromatic N) is 4. The standard InChI is InChI=1S/C20H17FN4O/c1-20(2,26)17-8-11-25-16(12-23-19(25)24-17)15-5-3-4-14(18(15)21)13-6-9-22-10-7-13/h3-12,26H,1-2H3. The van der Waals surface area contributed by atoms with Gasteiger partial charge in [-0.05, 0) is 43.7 Å². The summed E-state index contributed by atoms with van der Waals surface area (Å²) in [7, 11) is 0. The number of pyridine rings is 1. The summed E-state index contributed by atoms with van der Waals surface area (Å²) in [6.07, 6.45) is 6.61. The molecule has 130 valence electrons. The lowest BCUT2D eigenvalue weighted by molar-refractivity contribution is 0.0739. The monoisotopic (exact) mass is 348 g/mol. The van der Waals surface area contributed by atoms with E-state index in [-0.39, 0.29) is 5.82 Å². The average Bonchev–Trinajstić information content (AvgIpc) is 3.05. The van der Waals surface area contributed by atoms with Crippen molar-refractivity contribution in [2.75, 3.05) is 0 Å². The zero-order valence-corrected chi connectivity index (χ0v) is 14.4. The van der Waals surface area contributed by atoms with Crippen LogP contribution < -0.4 is 0 Å². The third kappa shape index (κ3) is 2.74. The molecule has 6 heteroatoms. The summed E-state index contributed by atoms with van der Waals surface area (Å²) in [6.45, 7) is 3.32. The van der Waals surface area contributed by atoms with Crippen LogP contribution in [-0.2, 0) is 5.60 Å². The largest absolute Gasteiger partial charge is 0.384 e. The van der Waals surface area contributed by atoms with E-state index >= 15 is 4.39 Å². The van der Waals surface area contributed by atoms with Crippen molar-refractivity contribution in [3.05, 3.63) is 72.7 Å². The van der Waals surface area contributed by atoms with Gasteiger partial charge in [-0.2, -0.15) is 0 Å². The summed E-state index contributed by atoms with van der Waals surface area (Å²) in [6, 6.07) is 10.5. The minimum absolute atomic E-state index is 0.327. The number of benzene rings is 1. The molecular weight excluding hydrogens is 331 g/mol. The molecule has 0 atom stereocenters. The fraction of sp³-hybridized carbons (Fsp3) is 0.150. The van der Waals surface area contributed by atoms with Crippen LogP contribution in [-0.4, -0.2) is 24.5 Å². The van der Waals surface area contributed by atoms with Gasteiger partial charge in [-0.15, -0.1) is 0 Å². The molecule has 0 spiro atoms. The van der Waals surface area contributed by atoms with Crippen molar-refractivity contribution in [2.24, 2.45) is 0 Å². The van der Waals surface area contributed by atoms with Crippen LogP contribution in [0.1, 0.15) is 19.5 Å². The van der Waals surface area contributed by atoms with Gasteiger partial charge in [0.2, 0.25) is 5.78 Å². The Morgan fingerprint density at radius 3 is 2.50 bits per heavy atom. The molecular formula is C20H17FN4O. The van der Waals surface area contributed by atoms with E-state index in [1.165, 1.54) is 0 Å². The molecule has 4 aromatic rings. The van der Waals surface area contributed by atoms with Crippen LogP contribution in [0.3, 0.4) is 0 Å². The van der Waals surface area contributed by atoms with Crippen molar-refractivity contribution in [2.45, 2.75) is 19.4 Å². The quantitative estimate of drug-likeness (QED) is 0.611. The fourth-order valence-electron chi connectivity index (χ4n) is 2.90. The molecule has 0 aliphatic heterocycles. The Kier molecular flexibility index (Phi) is 3.77. The van der Waals surface area contributed by atoms with Gasteiger partial charge < -0.3 is 5.11 Å². The topological polar surface area (TPSA) is 63.3 Å². The third-order valence-corrected chi connectivity index (χ3v) is 4.27. The molecule has 3 aromatic heterocycles. The van der Waals surface area contributed by atoms with E-state index in [1.54, 1.807) is 73.4 Å². The van der Waals surface area contributed by atoms with Crippen LogP contribution in [0.4, 0.5) is 4.39 Å². The number of hydrogen-bond donors (Lipinski definition) is 1. The van der Waals surface area contributed by atoms with Crippen molar-refractivity contribution in [3.63, 3.8) is 0 Å². The first-order chi connectivity index (χ1) is 12.4. The Bertz CT molecular complexity index is 1080. The normalized spacial score (nSPS) is 11.8. The molecule has 0 saturated carbocycles. The Morgan fingerprint density at radius 1 is 1.04 bits per heavy atom. The summed E-state index contributed by atoms with van der Waals surface area (Å²) in [4.78, 5) is 12.6. The van der Waals surface area contributed by atoms with Crippen molar-refractivity contribution in [3.8, 4) is 22.4 Å². The van der Waals surface area contributed by atoms with E-state index in [1.807, 2.05) is 6.07 Å². The molecule has 0 radical (unpaired) electrons. The van der Waals surface area contributed by atoms with Crippen molar-refractivity contribution in [1.82, 2.24) is 19.4 Å². The smallest absolute Gasteiger partial charge is 0.234 e. The lowest BCUT2D eigenvalue weighted by Crippen LogP contribution is -2.18. The van der Waals surface area contributed by atoms with Crippen LogP contribution in [0.15, 0.2) is 61.2 Å². The summed E-state index contributed by atoms with van der Waals surface area (Å²) < 4.78 is 16.9. The number of rotatable bonds is 3. The Labute approximate surface area is 149 Å². The summed E-state index contributed by atoms with van der Waals surface area (Å²) in [5, 5.41) is 10.1. The average molecular weight is 348 g/mol. The van der Waals surface area contributed by atoms with Crippen molar-refractivity contribution in [1.29, 1.82) is 0 Å². The number of hydrogen-bond acceptors (Lipinski definition) is 4. The van der Waals surface area contributed by atoms with Gasteiger partial charge in [0.25, 0.3) is 0 Å². The van der Waals surface area contributed by atoms with Gasteiger partial charge in [0.1, 0.15) is 11.4 Å². The van der Waals surface area contributed by atoms with Crippen molar-refractivity contribution < 1.29 is 9.50 Å². The third-order valence-electron chi connectivity index (χ3n) is 4.27. The molecule has 4 rings (SSSR count). The van der Waals surface area contributed by atoms with Crippen LogP contribution in [0, 0.1) is 5.82 Å². The molecule has 0 fully saturated rings. The zero-order chi connectivity index (χ0) is 18.3. The minimum Gasteiger partial charge on any atom is -0.384 e. The van der Waals surface area contributed by atoms with E-state index in [2.05, 4.69) is 15.0 Å². The maximum Gasteiger partial charge on any atom is 0.234 e. The van der Waals surface area contributed by atoms with E-state index in [0.717, 1.165) is 5.56 Å². The van der Waals surface area contributed by atoms with Crippen LogP contribution >= 0.6 is 0 Å². The Balaban J connectivity index is 1.86. The maximum absolute atomic E-state index is 15.2. The molecule has 1 aromatic carbocycles. The Hall–Kier alpha value is -3.12. The number of imidazole rings is 1. The highest BCUT2D eigenvalue weighted by atomic mass is 19.1. The molecule has 0 aliphatic carbocycles. The van der Waals surface area contributed by atoms with Gasteiger partial charge in [-0.25, -0.2) is 14.4 Å². The first kappa shape index (κ1) is 16.4. The number of aromatic nitrogens is 4. The van der Waals surface area contributed by atoms with Gasteiger partial charge in [0.15, 0.2) is 0 Å². The first-order valence-electron chi connectivity index (χ1n) is 8.21. The van der Waals surface area contributed by atoms with Gasteiger partial charge in [0.05, 0.1) is 17.6 Å². The minimum atomic E-state index is -1.07. The number of aliphatic hydroxyl groups is 1. The molecule has 0 aliphatic rings. The van der Waals surface area contributed by atoms with E-state index < -0.39 is 5.60 Å². The second-order valence-corrected chi connectivity index (χ2v) is 6.59. The fourth-order valence-corrected chi connectivity index (χ4v) is 2.90. The van der Waals surface area contributed by atoms with Gasteiger partial charge in [-0.3, -0.25) is 9.38 Å². The van der Waals surface area contributed by atoms with E-state index in [0.29, 0.717) is 28.3 Å². The molecule has 0 bridgehead atoms. The molecule has 26 heavy (non-hydrogen) atoms. The zero-order valence-electron chi connectivity index (χ0n) is 14.4. The number of fused-ring (bicyclic) bond motifs is 1. The van der Waals surface area contributed by atoms with Gasteiger partial charge >= 0.3 is 0 Å². The Morgan fingerprint density at radius 2 is 1.77 bits per heavy atom. The van der Waals surface area contributed by atoms with Crippen LogP contribution in [0.25, 0.3) is 28.2 Å². The molecule has 0 saturated heterocycles. The highest BCUT2D eigenvalue weighted by Crippen LogP contribution is 2.31. The summed E-state index contributed by atoms with van der Waals surface area (Å²) >= 11 is 0. The highest BCUT2D eigenvalue weighted by molar-refractivity contribution is 5.73. The van der Waals surface area contributed by atoms with E-state index in [4.69, 9.17) is 0 Å². The predicted octanol–water partition coefficient (Wildman–Crippen LogP) is 3.82. The maximum atomic E-state index is 15.2. The summed E-state index contributed by atoms with van der Waals surface area (Å²) in [5.74, 6) is 0.0837. The molecule has 0 unspecified atom stereocenters. The van der Waals surface area contributed by atoms with Gasteiger partial charge in [-0.1, -0.05) is 12.1 Å². The SMILES string of the molecule is CC(C)(O)c1ccn2c(-c3cccc(-c4ccncc4)c3F)cnc2n1. The number of halogens is 1. The molecule has 0 amide bonds. The molecule has 1 N–H and O–H groups in total. The second kappa shape index (κ2) is 6.00. The summed E-state index contributed by atoms with van der Waals surface area (Å²) in [5.41, 5.74) is 1.73. The van der Waals surface area contributed by atoms with E-state index in [9.17, 15) is 5.11 Å². The van der Waals surface area contributed by atoms with Gasteiger partial charge in [0, 0.05) is 29.7 Å². The van der Waals surface area contributed by atoms with Crippen molar-refractivity contribution >= 4 is 5.78 Å². The lowest BCUT2D eigenvalue weighted by Gasteiger charge is -2.16. The highest BCUT2D eigenvalue weighted by Gasteiger charge is 2.20.